The van der Waals surface area contributed by atoms with Gasteiger partial charge in [0.1, 0.15) is 5.60 Å². The van der Waals surface area contributed by atoms with Crippen LogP contribution >= 0.6 is 0 Å². The minimum absolute atomic E-state index is 0.0765. The number of esters is 1. The largest absolute Gasteiger partial charge is 0.460 e. The zero-order chi connectivity index (χ0) is 15.6. The van der Waals surface area contributed by atoms with Gasteiger partial charge in [-0.15, -0.1) is 0 Å². The van der Waals surface area contributed by atoms with E-state index >= 15 is 0 Å². The van der Waals surface area contributed by atoms with Gasteiger partial charge >= 0.3 is 5.97 Å². The van der Waals surface area contributed by atoms with Crippen LogP contribution in [0.2, 0.25) is 0 Å². The third kappa shape index (κ3) is 10.7. The Kier molecular flexibility index (Phi) is 9.06. The molecule has 0 aromatic rings. The minimum atomic E-state index is -0.464. The molecule has 0 aliphatic carbocycles. The van der Waals surface area contributed by atoms with E-state index in [1.807, 2.05) is 20.8 Å². The number of carbonyl (C=O) groups is 1. The fourth-order valence-electron chi connectivity index (χ4n) is 2.23. The molecule has 0 spiro atoms. The van der Waals surface area contributed by atoms with Crippen LogP contribution in [0.25, 0.3) is 10.4 Å². The van der Waals surface area contributed by atoms with Gasteiger partial charge in [0.25, 0.3) is 0 Å². The summed E-state index contributed by atoms with van der Waals surface area (Å²) in [6.07, 6.45) is 4.75. The Morgan fingerprint density at radius 3 is 2.55 bits per heavy atom. The number of hydrogen-bond donors (Lipinski definition) is 0. The molecular formula is C15H29N3O2. The first kappa shape index (κ1) is 18.8. The predicted molar refractivity (Wildman–Crippen MR) is 81.3 cm³/mol. The molecule has 0 aromatic heterocycles. The molecule has 20 heavy (non-hydrogen) atoms. The van der Waals surface area contributed by atoms with Gasteiger partial charge in [-0.25, -0.2) is 0 Å². The van der Waals surface area contributed by atoms with E-state index in [0.717, 1.165) is 12.8 Å². The maximum Gasteiger partial charge on any atom is 0.306 e. The van der Waals surface area contributed by atoms with Gasteiger partial charge in [-0.2, -0.15) is 0 Å². The third-order valence-corrected chi connectivity index (χ3v) is 3.06. The van der Waals surface area contributed by atoms with Crippen LogP contribution in [0.15, 0.2) is 5.11 Å². The van der Waals surface area contributed by atoms with Gasteiger partial charge in [0.2, 0.25) is 0 Å². The van der Waals surface area contributed by atoms with E-state index < -0.39 is 5.60 Å². The molecule has 0 saturated carbocycles. The highest BCUT2D eigenvalue weighted by Crippen LogP contribution is 2.22. The second-order valence-corrected chi connectivity index (χ2v) is 6.55. The molecule has 0 aliphatic heterocycles. The lowest BCUT2D eigenvalue weighted by atomic mass is 9.90. The molecule has 0 N–H and O–H groups in total. The van der Waals surface area contributed by atoms with Crippen LogP contribution in [-0.2, 0) is 9.53 Å². The number of hydrogen-bond acceptors (Lipinski definition) is 3. The van der Waals surface area contributed by atoms with E-state index in [1.165, 1.54) is 12.8 Å². The summed E-state index contributed by atoms with van der Waals surface area (Å²) in [4.78, 5) is 14.7. The van der Waals surface area contributed by atoms with Crippen molar-refractivity contribution in [3.8, 4) is 0 Å². The van der Waals surface area contributed by atoms with Crippen LogP contribution in [0, 0.1) is 11.8 Å². The van der Waals surface area contributed by atoms with Crippen molar-refractivity contribution in [2.24, 2.45) is 17.0 Å². The van der Waals surface area contributed by atoms with E-state index in [4.69, 9.17) is 10.3 Å². The normalized spacial score (nSPS) is 14.2. The molecule has 0 bridgehead atoms. The van der Waals surface area contributed by atoms with Gasteiger partial charge in [-0.1, -0.05) is 38.2 Å². The predicted octanol–water partition coefficient (Wildman–Crippen LogP) is 4.86. The molecule has 0 amide bonds. The Morgan fingerprint density at radius 1 is 1.40 bits per heavy atom. The van der Waals surface area contributed by atoms with Gasteiger partial charge in [0.05, 0.1) is 0 Å². The molecule has 0 unspecified atom stereocenters. The average molecular weight is 283 g/mol. The SMILES string of the molecule is CCCC[C@@H](C)C[C@H](CN=[N+]=[N-])CC(=O)OC(C)(C)C. The fourth-order valence-corrected chi connectivity index (χ4v) is 2.23. The minimum Gasteiger partial charge on any atom is -0.460 e. The van der Waals surface area contributed by atoms with Gasteiger partial charge in [-0.3, -0.25) is 4.79 Å². The van der Waals surface area contributed by atoms with Crippen molar-refractivity contribution >= 4 is 5.97 Å². The standard InChI is InChI=1S/C15H29N3O2/c1-6-7-8-12(2)9-13(11-17-18-16)10-14(19)20-15(3,4)5/h12-13H,6-11H2,1-5H3/t12-,13+/m1/s1. The van der Waals surface area contributed by atoms with Gasteiger partial charge in [0, 0.05) is 17.9 Å². The first-order chi connectivity index (χ1) is 9.28. The number of azide groups is 1. The van der Waals surface area contributed by atoms with E-state index in [-0.39, 0.29) is 11.9 Å². The smallest absolute Gasteiger partial charge is 0.306 e. The van der Waals surface area contributed by atoms with Gasteiger partial charge in [-0.05, 0) is 44.6 Å². The molecule has 0 rings (SSSR count). The van der Waals surface area contributed by atoms with Crippen LogP contribution < -0.4 is 0 Å². The lowest BCUT2D eigenvalue weighted by Crippen LogP contribution is -2.26. The van der Waals surface area contributed by atoms with E-state index in [9.17, 15) is 4.79 Å². The van der Waals surface area contributed by atoms with Crippen molar-refractivity contribution in [3.05, 3.63) is 10.4 Å². The Morgan fingerprint density at radius 2 is 2.05 bits per heavy atom. The Balaban J connectivity index is 4.40. The van der Waals surface area contributed by atoms with Crippen LogP contribution in [0.1, 0.15) is 66.7 Å². The van der Waals surface area contributed by atoms with Crippen LogP contribution in [0.4, 0.5) is 0 Å². The van der Waals surface area contributed by atoms with Crippen molar-refractivity contribution in [2.45, 2.75) is 72.3 Å². The lowest BCUT2D eigenvalue weighted by Gasteiger charge is -2.23. The maximum absolute atomic E-state index is 11.9. The van der Waals surface area contributed by atoms with Crippen molar-refractivity contribution < 1.29 is 9.53 Å². The van der Waals surface area contributed by atoms with Crippen molar-refractivity contribution in [1.29, 1.82) is 0 Å². The molecule has 0 aromatic carbocycles. The summed E-state index contributed by atoms with van der Waals surface area (Å²) < 4.78 is 5.34. The summed E-state index contributed by atoms with van der Waals surface area (Å²) in [6, 6.07) is 0. The zero-order valence-electron chi connectivity index (χ0n) is 13.6. The molecule has 0 fully saturated rings. The number of carbonyl (C=O) groups excluding carboxylic acids is 1. The lowest BCUT2D eigenvalue weighted by molar-refractivity contribution is -0.156. The summed E-state index contributed by atoms with van der Waals surface area (Å²) in [5.74, 6) is 0.405. The first-order valence-electron chi connectivity index (χ1n) is 7.51. The first-order valence-corrected chi connectivity index (χ1v) is 7.51. The summed E-state index contributed by atoms with van der Waals surface area (Å²) in [5.41, 5.74) is 7.99. The Labute approximate surface area is 122 Å². The summed E-state index contributed by atoms with van der Waals surface area (Å²) in [5, 5.41) is 3.63. The summed E-state index contributed by atoms with van der Waals surface area (Å²) >= 11 is 0. The highest BCUT2D eigenvalue weighted by Gasteiger charge is 2.21. The number of unbranched alkanes of at least 4 members (excludes halogenated alkanes) is 1. The number of ether oxygens (including phenoxy) is 1. The maximum atomic E-state index is 11.9. The molecule has 116 valence electrons. The van der Waals surface area contributed by atoms with Gasteiger partial charge in [0.15, 0.2) is 0 Å². The van der Waals surface area contributed by atoms with Crippen LogP contribution in [-0.4, -0.2) is 18.1 Å². The van der Waals surface area contributed by atoms with E-state index in [0.29, 0.717) is 18.9 Å². The molecular weight excluding hydrogens is 254 g/mol. The molecule has 0 saturated heterocycles. The molecule has 0 radical (unpaired) electrons. The Bertz CT molecular complexity index is 331. The molecule has 5 heteroatoms. The molecule has 0 aliphatic rings. The topological polar surface area (TPSA) is 75.1 Å². The second-order valence-electron chi connectivity index (χ2n) is 6.55. The Hall–Kier alpha value is -1.22. The van der Waals surface area contributed by atoms with Crippen molar-refractivity contribution in [2.75, 3.05) is 6.54 Å². The van der Waals surface area contributed by atoms with Crippen molar-refractivity contribution in [3.63, 3.8) is 0 Å². The van der Waals surface area contributed by atoms with Crippen LogP contribution in [0.3, 0.4) is 0 Å². The highest BCUT2D eigenvalue weighted by atomic mass is 16.6. The summed E-state index contributed by atoms with van der Waals surface area (Å²) in [6.45, 7) is 10.3. The molecule has 0 heterocycles. The van der Waals surface area contributed by atoms with E-state index in [1.54, 1.807) is 0 Å². The van der Waals surface area contributed by atoms with Crippen LogP contribution in [0.5, 0.6) is 0 Å². The quantitative estimate of drug-likeness (QED) is 0.262. The average Bonchev–Trinajstić information content (AvgIpc) is 2.31. The number of nitrogens with zero attached hydrogens (tertiary/aromatic N) is 3. The summed E-state index contributed by atoms with van der Waals surface area (Å²) in [7, 11) is 0. The molecule has 2 atom stereocenters. The highest BCUT2D eigenvalue weighted by molar-refractivity contribution is 5.70. The van der Waals surface area contributed by atoms with Gasteiger partial charge < -0.3 is 4.74 Å². The third-order valence-electron chi connectivity index (χ3n) is 3.06. The number of rotatable bonds is 9. The van der Waals surface area contributed by atoms with Crippen molar-refractivity contribution in [1.82, 2.24) is 0 Å². The zero-order valence-corrected chi connectivity index (χ0v) is 13.6. The fraction of sp³-hybridized carbons (Fsp3) is 0.933. The monoisotopic (exact) mass is 283 g/mol. The van der Waals surface area contributed by atoms with E-state index in [2.05, 4.69) is 23.9 Å². The second kappa shape index (κ2) is 9.65. The molecule has 5 nitrogen and oxygen atoms in total.